The monoisotopic (exact) mass is 309 g/mol. The van der Waals surface area contributed by atoms with Gasteiger partial charge in [-0.3, -0.25) is 4.79 Å². The first kappa shape index (κ1) is 15.2. The number of hydrogen-bond donors (Lipinski definition) is 1. The predicted octanol–water partition coefficient (Wildman–Crippen LogP) is 0.244. The van der Waals surface area contributed by atoms with Gasteiger partial charge in [-0.05, 0) is 5.56 Å². The van der Waals surface area contributed by atoms with Crippen LogP contribution in [0.25, 0.3) is 11.3 Å². The lowest BCUT2D eigenvalue weighted by molar-refractivity contribution is 0.482. The second-order valence-corrected chi connectivity index (χ2v) is 6.09. The van der Waals surface area contributed by atoms with Gasteiger partial charge in [-0.1, -0.05) is 24.3 Å². The molecule has 1 aromatic carbocycles. The van der Waals surface area contributed by atoms with Crippen LogP contribution in [0.1, 0.15) is 5.56 Å². The smallest absolute Gasteiger partial charge is 0.310 e. The summed E-state index contributed by atoms with van der Waals surface area (Å²) >= 11 is 0. The fourth-order valence-corrected chi connectivity index (χ4v) is 2.20. The van der Waals surface area contributed by atoms with Gasteiger partial charge in [-0.25, -0.2) is 4.68 Å². The quantitative estimate of drug-likeness (QED) is 0.812. The maximum absolute atomic E-state index is 11.8. The molecule has 0 saturated carbocycles. The van der Waals surface area contributed by atoms with E-state index in [0.29, 0.717) is 12.2 Å². The number of hydrogen-bond acceptors (Lipinski definition) is 6. The zero-order valence-corrected chi connectivity index (χ0v) is 12.4. The van der Waals surface area contributed by atoms with E-state index >= 15 is 0 Å². The average Bonchev–Trinajstić information content (AvgIpc) is 2.42. The number of rotatable bonds is 4. The summed E-state index contributed by atoms with van der Waals surface area (Å²) < 4.78 is 28.1. The van der Waals surface area contributed by atoms with Crippen molar-refractivity contribution in [2.45, 2.75) is 6.54 Å². The van der Waals surface area contributed by atoms with Crippen LogP contribution in [0.4, 0.5) is 0 Å². The van der Waals surface area contributed by atoms with Crippen molar-refractivity contribution in [3.8, 4) is 17.0 Å². The van der Waals surface area contributed by atoms with E-state index in [0.717, 1.165) is 22.1 Å². The van der Waals surface area contributed by atoms with Crippen molar-refractivity contribution in [2.75, 3.05) is 6.26 Å². The van der Waals surface area contributed by atoms with E-state index < -0.39 is 15.7 Å². The van der Waals surface area contributed by atoms with Crippen LogP contribution in [-0.4, -0.2) is 24.5 Å². The highest BCUT2D eigenvalue weighted by Gasteiger charge is 2.13. The molecule has 0 amide bonds. The molecule has 0 spiro atoms. The van der Waals surface area contributed by atoms with Crippen molar-refractivity contribution in [3.63, 3.8) is 0 Å². The van der Waals surface area contributed by atoms with Crippen molar-refractivity contribution in [1.29, 1.82) is 0 Å². The van der Waals surface area contributed by atoms with E-state index in [-0.39, 0.29) is 5.75 Å². The lowest BCUT2D eigenvalue weighted by Crippen LogP contribution is -2.23. The Morgan fingerprint density at radius 2 is 1.90 bits per heavy atom. The number of aryl methyl sites for hydroxylation is 1. The topological polar surface area (TPSA) is 104 Å². The minimum absolute atomic E-state index is 0.284. The summed E-state index contributed by atoms with van der Waals surface area (Å²) in [6.07, 6.45) is 0.878. The van der Waals surface area contributed by atoms with Crippen molar-refractivity contribution < 1.29 is 12.6 Å². The molecule has 0 bridgehead atoms. The van der Waals surface area contributed by atoms with Gasteiger partial charge in [0.1, 0.15) is 0 Å². The Morgan fingerprint density at radius 1 is 1.29 bits per heavy atom. The van der Waals surface area contributed by atoms with Crippen molar-refractivity contribution >= 4 is 10.1 Å². The van der Waals surface area contributed by atoms with Crippen LogP contribution in [0, 0.1) is 0 Å². The molecule has 0 fully saturated rings. The summed E-state index contributed by atoms with van der Waals surface area (Å²) in [5.41, 5.74) is 7.01. The van der Waals surface area contributed by atoms with Gasteiger partial charge in [0.05, 0.1) is 11.9 Å². The summed E-state index contributed by atoms with van der Waals surface area (Å²) in [5, 5.41) is 4.09. The maximum Gasteiger partial charge on any atom is 0.310 e. The minimum atomic E-state index is -3.78. The largest absolute Gasteiger partial charge is 0.377 e. The van der Waals surface area contributed by atoms with Crippen molar-refractivity contribution in [2.24, 2.45) is 12.8 Å². The van der Waals surface area contributed by atoms with E-state index in [1.54, 1.807) is 12.1 Å². The van der Waals surface area contributed by atoms with Crippen molar-refractivity contribution in [1.82, 2.24) is 9.78 Å². The molecule has 0 radical (unpaired) electrons. The maximum atomic E-state index is 11.8. The molecule has 8 heteroatoms. The molecule has 0 aliphatic carbocycles. The van der Waals surface area contributed by atoms with Crippen LogP contribution in [-0.2, 0) is 23.7 Å². The first-order valence-corrected chi connectivity index (χ1v) is 7.89. The van der Waals surface area contributed by atoms with E-state index in [4.69, 9.17) is 9.92 Å². The number of benzene rings is 1. The molecule has 0 unspecified atom stereocenters. The molecular formula is C13H15N3O4S. The molecule has 2 rings (SSSR count). The van der Waals surface area contributed by atoms with Gasteiger partial charge in [-0.2, -0.15) is 13.5 Å². The van der Waals surface area contributed by atoms with Gasteiger partial charge in [0.2, 0.25) is 5.75 Å². The molecule has 112 valence electrons. The summed E-state index contributed by atoms with van der Waals surface area (Å²) in [6.45, 7) is 0.420. The zero-order chi connectivity index (χ0) is 15.6. The predicted molar refractivity (Wildman–Crippen MR) is 78.3 cm³/mol. The van der Waals surface area contributed by atoms with Crippen LogP contribution in [0.3, 0.4) is 0 Å². The van der Waals surface area contributed by atoms with Gasteiger partial charge in [0.15, 0.2) is 0 Å². The number of aromatic nitrogens is 2. The molecule has 1 heterocycles. The van der Waals surface area contributed by atoms with E-state index in [2.05, 4.69) is 5.10 Å². The number of nitrogens with zero attached hydrogens (tertiary/aromatic N) is 2. The molecule has 0 atom stereocenters. The highest BCUT2D eigenvalue weighted by Crippen LogP contribution is 2.20. The Bertz CT molecular complexity index is 810. The van der Waals surface area contributed by atoms with Crippen LogP contribution >= 0.6 is 0 Å². The molecular weight excluding hydrogens is 294 g/mol. The van der Waals surface area contributed by atoms with Gasteiger partial charge >= 0.3 is 15.7 Å². The lowest BCUT2D eigenvalue weighted by atomic mass is 10.1. The van der Waals surface area contributed by atoms with E-state index in [1.807, 2.05) is 12.1 Å². The SMILES string of the molecule is Cn1nc(-c2ccc(CN)cc2)cc(OS(C)(=O)=O)c1=O. The molecule has 0 saturated heterocycles. The molecule has 1 aromatic heterocycles. The Labute approximate surface area is 122 Å². The van der Waals surface area contributed by atoms with E-state index in [9.17, 15) is 13.2 Å². The van der Waals surface area contributed by atoms with Gasteiger partial charge < -0.3 is 9.92 Å². The highest BCUT2D eigenvalue weighted by molar-refractivity contribution is 7.86. The minimum Gasteiger partial charge on any atom is -0.377 e. The fraction of sp³-hybridized carbons (Fsp3) is 0.231. The molecule has 2 N–H and O–H groups in total. The van der Waals surface area contributed by atoms with E-state index in [1.165, 1.54) is 13.1 Å². The highest BCUT2D eigenvalue weighted by atomic mass is 32.2. The number of nitrogens with two attached hydrogens (primary N) is 1. The van der Waals surface area contributed by atoms with Crippen LogP contribution in [0.5, 0.6) is 5.75 Å². The normalized spacial score (nSPS) is 11.4. The van der Waals surface area contributed by atoms with Crippen LogP contribution < -0.4 is 15.5 Å². The third-order valence-electron chi connectivity index (χ3n) is 2.76. The summed E-state index contributed by atoms with van der Waals surface area (Å²) in [4.78, 5) is 11.8. The standard InChI is InChI=1S/C13H15N3O4S/c1-16-13(17)12(20-21(2,18)19)7-11(15-16)10-5-3-9(8-14)4-6-10/h3-7H,8,14H2,1-2H3. The Balaban J connectivity index is 2.51. The third-order valence-corrected chi connectivity index (χ3v) is 3.24. The van der Waals surface area contributed by atoms with Crippen LogP contribution in [0.2, 0.25) is 0 Å². The summed E-state index contributed by atoms with van der Waals surface area (Å²) in [7, 11) is -2.36. The zero-order valence-electron chi connectivity index (χ0n) is 11.6. The second kappa shape index (κ2) is 5.66. The summed E-state index contributed by atoms with van der Waals surface area (Å²) in [5.74, 6) is -0.284. The van der Waals surface area contributed by atoms with Gasteiger partial charge in [0, 0.05) is 25.2 Å². The van der Waals surface area contributed by atoms with Gasteiger partial charge in [-0.15, -0.1) is 0 Å². The lowest BCUT2D eigenvalue weighted by Gasteiger charge is -2.08. The Morgan fingerprint density at radius 3 is 2.43 bits per heavy atom. The van der Waals surface area contributed by atoms with Crippen molar-refractivity contribution in [3.05, 3.63) is 46.2 Å². The second-order valence-electron chi connectivity index (χ2n) is 4.51. The van der Waals surface area contributed by atoms with Gasteiger partial charge in [0.25, 0.3) is 0 Å². The molecule has 7 nitrogen and oxygen atoms in total. The van der Waals surface area contributed by atoms with Crippen LogP contribution in [0.15, 0.2) is 35.1 Å². The first-order valence-electron chi connectivity index (χ1n) is 6.07. The Hall–Kier alpha value is -2.19. The Kier molecular flexibility index (Phi) is 4.10. The molecule has 0 aliphatic rings. The summed E-state index contributed by atoms with van der Waals surface area (Å²) in [6, 6.07) is 8.55. The first-order chi connectivity index (χ1) is 9.80. The molecule has 0 aliphatic heterocycles. The third kappa shape index (κ3) is 3.67. The molecule has 21 heavy (non-hydrogen) atoms. The average molecular weight is 309 g/mol. The molecule has 2 aromatic rings. The fourth-order valence-electron chi connectivity index (χ4n) is 1.76.